The van der Waals surface area contributed by atoms with Crippen LogP contribution in [0.5, 0.6) is 0 Å². The van der Waals surface area contributed by atoms with Crippen LogP contribution in [0.25, 0.3) is 0 Å². The van der Waals surface area contributed by atoms with Crippen molar-refractivity contribution in [2.45, 2.75) is 17.9 Å². The van der Waals surface area contributed by atoms with E-state index in [1.807, 2.05) is 19.2 Å². The van der Waals surface area contributed by atoms with Gasteiger partial charge in [0.1, 0.15) is 0 Å². The van der Waals surface area contributed by atoms with Crippen LogP contribution in [0.1, 0.15) is 28.9 Å². The SMILES string of the molecule is CCN(C)c1ccc(C(=O)N[C@@H]2CS(=O)(=O)c3ccccc32)cc1. The molecule has 0 unspecified atom stereocenters. The van der Waals surface area contributed by atoms with E-state index < -0.39 is 15.9 Å². The average molecular weight is 344 g/mol. The van der Waals surface area contributed by atoms with Gasteiger partial charge < -0.3 is 10.2 Å². The molecule has 0 bridgehead atoms. The van der Waals surface area contributed by atoms with E-state index in [2.05, 4.69) is 17.1 Å². The number of amides is 1. The minimum atomic E-state index is -3.33. The van der Waals surface area contributed by atoms with Gasteiger partial charge in [0.2, 0.25) is 0 Å². The number of sulfone groups is 1. The molecule has 6 heteroatoms. The average Bonchev–Trinajstić information content (AvgIpc) is 2.85. The maximum Gasteiger partial charge on any atom is 0.251 e. The minimum absolute atomic E-state index is 0.0885. The van der Waals surface area contributed by atoms with Crippen LogP contribution >= 0.6 is 0 Å². The van der Waals surface area contributed by atoms with Gasteiger partial charge in [0.05, 0.1) is 16.7 Å². The van der Waals surface area contributed by atoms with E-state index in [-0.39, 0.29) is 11.7 Å². The second-order valence-corrected chi connectivity index (χ2v) is 7.91. The molecule has 3 rings (SSSR count). The molecule has 1 aliphatic heterocycles. The fraction of sp³-hybridized carbons (Fsp3) is 0.278. The molecule has 2 aromatic carbocycles. The first kappa shape index (κ1) is 16.5. The Morgan fingerprint density at radius 1 is 1.17 bits per heavy atom. The third-order valence-electron chi connectivity index (χ3n) is 4.37. The molecule has 0 saturated carbocycles. The van der Waals surface area contributed by atoms with Crippen molar-refractivity contribution < 1.29 is 13.2 Å². The molecule has 0 aliphatic carbocycles. The summed E-state index contributed by atoms with van der Waals surface area (Å²) in [5, 5.41) is 2.84. The molecule has 1 heterocycles. The summed E-state index contributed by atoms with van der Waals surface area (Å²) in [4.78, 5) is 14.8. The van der Waals surface area contributed by atoms with Crippen molar-refractivity contribution in [2.24, 2.45) is 0 Å². The normalized spacial score (nSPS) is 18.0. The Morgan fingerprint density at radius 2 is 1.83 bits per heavy atom. The molecule has 126 valence electrons. The van der Waals surface area contributed by atoms with Gasteiger partial charge >= 0.3 is 0 Å². The maximum atomic E-state index is 12.5. The number of anilines is 1. The van der Waals surface area contributed by atoms with Crippen LogP contribution < -0.4 is 10.2 Å². The van der Waals surface area contributed by atoms with Gasteiger partial charge in [0.25, 0.3) is 5.91 Å². The van der Waals surface area contributed by atoms with E-state index in [1.165, 1.54) is 0 Å². The molecule has 1 N–H and O–H groups in total. The highest BCUT2D eigenvalue weighted by molar-refractivity contribution is 7.91. The lowest BCUT2D eigenvalue weighted by Gasteiger charge is -2.17. The zero-order valence-electron chi connectivity index (χ0n) is 13.7. The number of nitrogens with zero attached hydrogens (tertiary/aromatic N) is 1. The van der Waals surface area contributed by atoms with Crippen molar-refractivity contribution in [1.29, 1.82) is 0 Å². The van der Waals surface area contributed by atoms with Crippen molar-refractivity contribution in [1.82, 2.24) is 5.32 Å². The molecule has 0 saturated heterocycles. The lowest BCUT2D eigenvalue weighted by atomic mass is 10.1. The van der Waals surface area contributed by atoms with Gasteiger partial charge in [0, 0.05) is 24.8 Å². The first-order valence-corrected chi connectivity index (χ1v) is 9.51. The number of benzene rings is 2. The first-order valence-electron chi connectivity index (χ1n) is 7.86. The van der Waals surface area contributed by atoms with Gasteiger partial charge in [-0.05, 0) is 42.8 Å². The number of carbonyl (C=O) groups excluding carboxylic acids is 1. The third-order valence-corrected chi connectivity index (χ3v) is 6.18. The zero-order chi connectivity index (χ0) is 17.3. The first-order chi connectivity index (χ1) is 11.4. The Balaban J connectivity index is 1.79. The number of hydrogen-bond donors (Lipinski definition) is 1. The number of rotatable bonds is 4. The van der Waals surface area contributed by atoms with Gasteiger partial charge in [-0.25, -0.2) is 8.42 Å². The summed E-state index contributed by atoms with van der Waals surface area (Å²) in [6, 6.07) is 13.6. The Bertz CT molecular complexity index is 860. The monoisotopic (exact) mass is 344 g/mol. The van der Waals surface area contributed by atoms with Crippen LogP contribution in [0, 0.1) is 0 Å². The van der Waals surface area contributed by atoms with E-state index in [1.54, 1.807) is 36.4 Å². The summed E-state index contributed by atoms with van der Waals surface area (Å²) in [6.45, 7) is 2.93. The lowest BCUT2D eigenvalue weighted by Crippen LogP contribution is -2.29. The zero-order valence-corrected chi connectivity index (χ0v) is 14.5. The summed E-state index contributed by atoms with van der Waals surface area (Å²) in [5.74, 6) is -0.355. The number of nitrogens with one attached hydrogen (secondary N) is 1. The molecule has 0 spiro atoms. The van der Waals surface area contributed by atoms with E-state index in [9.17, 15) is 13.2 Å². The number of fused-ring (bicyclic) bond motifs is 1. The van der Waals surface area contributed by atoms with Crippen LogP contribution in [-0.2, 0) is 9.84 Å². The van der Waals surface area contributed by atoms with Crippen LogP contribution in [0.4, 0.5) is 5.69 Å². The van der Waals surface area contributed by atoms with Crippen molar-refractivity contribution in [3.05, 3.63) is 59.7 Å². The molecule has 1 aliphatic rings. The largest absolute Gasteiger partial charge is 0.375 e. The van der Waals surface area contributed by atoms with Crippen molar-refractivity contribution in [3.8, 4) is 0 Å². The predicted molar refractivity (Wildman–Crippen MR) is 94.1 cm³/mol. The summed E-state index contributed by atoms with van der Waals surface area (Å²) in [7, 11) is -1.34. The van der Waals surface area contributed by atoms with E-state index in [0.29, 0.717) is 16.0 Å². The minimum Gasteiger partial charge on any atom is -0.375 e. The second-order valence-electron chi connectivity index (χ2n) is 5.91. The summed E-state index contributed by atoms with van der Waals surface area (Å²) < 4.78 is 24.4. The van der Waals surface area contributed by atoms with Crippen LogP contribution in [0.15, 0.2) is 53.4 Å². The fourth-order valence-corrected chi connectivity index (χ4v) is 4.60. The van der Waals surface area contributed by atoms with Gasteiger partial charge in [-0.2, -0.15) is 0 Å². The smallest absolute Gasteiger partial charge is 0.251 e. The van der Waals surface area contributed by atoms with Gasteiger partial charge in [-0.15, -0.1) is 0 Å². The molecule has 2 aromatic rings. The highest BCUT2D eigenvalue weighted by atomic mass is 32.2. The molecule has 24 heavy (non-hydrogen) atoms. The Morgan fingerprint density at radius 3 is 2.50 bits per heavy atom. The number of carbonyl (C=O) groups is 1. The topological polar surface area (TPSA) is 66.5 Å². The van der Waals surface area contributed by atoms with Crippen molar-refractivity contribution >= 4 is 21.4 Å². The Kier molecular flexibility index (Phi) is 4.32. The van der Waals surface area contributed by atoms with Crippen molar-refractivity contribution in [2.75, 3.05) is 24.2 Å². The van der Waals surface area contributed by atoms with Gasteiger partial charge in [0.15, 0.2) is 9.84 Å². The van der Waals surface area contributed by atoms with E-state index >= 15 is 0 Å². The van der Waals surface area contributed by atoms with Crippen molar-refractivity contribution in [3.63, 3.8) is 0 Å². The Labute approximate surface area is 142 Å². The third kappa shape index (κ3) is 3.01. The Hall–Kier alpha value is -2.34. The predicted octanol–water partition coefficient (Wildman–Crippen LogP) is 2.40. The molecule has 0 fully saturated rings. The maximum absolute atomic E-state index is 12.5. The van der Waals surface area contributed by atoms with Crippen LogP contribution in [0.2, 0.25) is 0 Å². The van der Waals surface area contributed by atoms with E-state index in [0.717, 1.165) is 12.2 Å². The van der Waals surface area contributed by atoms with E-state index in [4.69, 9.17) is 0 Å². The quantitative estimate of drug-likeness (QED) is 0.925. The summed E-state index contributed by atoms with van der Waals surface area (Å²) >= 11 is 0. The molecular weight excluding hydrogens is 324 g/mol. The molecule has 0 radical (unpaired) electrons. The van der Waals surface area contributed by atoms with Gasteiger partial charge in [-0.1, -0.05) is 18.2 Å². The molecule has 0 aromatic heterocycles. The number of hydrogen-bond acceptors (Lipinski definition) is 4. The highest BCUT2D eigenvalue weighted by Gasteiger charge is 2.35. The highest BCUT2D eigenvalue weighted by Crippen LogP contribution is 2.33. The van der Waals surface area contributed by atoms with Crippen LogP contribution in [0.3, 0.4) is 0 Å². The molecule has 1 atom stereocenters. The summed E-state index contributed by atoms with van der Waals surface area (Å²) in [5.41, 5.74) is 2.21. The second kappa shape index (κ2) is 6.28. The van der Waals surface area contributed by atoms with Gasteiger partial charge in [-0.3, -0.25) is 4.79 Å². The van der Waals surface area contributed by atoms with Crippen LogP contribution in [-0.4, -0.2) is 33.7 Å². The standard InChI is InChI=1S/C18H20N2O3S/c1-3-20(2)14-10-8-13(9-11-14)18(21)19-16-12-24(22,23)17-7-5-4-6-15(16)17/h4-11,16H,3,12H2,1-2H3,(H,19,21)/t16-/m1/s1. The fourth-order valence-electron chi connectivity index (χ4n) is 2.86. The molecule has 1 amide bonds. The summed E-state index contributed by atoms with van der Waals surface area (Å²) in [6.07, 6.45) is 0. The molecule has 5 nitrogen and oxygen atoms in total. The molecular formula is C18H20N2O3S. The lowest BCUT2D eigenvalue weighted by molar-refractivity contribution is 0.0940.